The third-order valence-electron chi connectivity index (χ3n) is 2.01. The molecule has 0 aliphatic carbocycles. The number of phosphoric ester groups is 1. The van der Waals surface area contributed by atoms with Gasteiger partial charge < -0.3 is 0 Å². The zero-order valence-electron chi connectivity index (χ0n) is 7.56. The van der Waals surface area contributed by atoms with Gasteiger partial charge in [-0.3, -0.25) is 0 Å². The zero-order chi connectivity index (χ0) is 9.36. The maximum Gasteiger partial charge on any atom is 0.488 e. The molecule has 3 aliphatic rings. The molecule has 0 atom stereocenters. The number of allylic oxidation sites excluding steroid dienone is 1. The minimum Gasteiger partial charge on any atom is -0.227 e. The molecule has 4 nitrogen and oxygen atoms in total. The van der Waals surface area contributed by atoms with Gasteiger partial charge in [0.1, 0.15) is 0 Å². The van der Waals surface area contributed by atoms with Crippen molar-refractivity contribution in [3.63, 3.8) is 0 Å². The van der Waals surface area contributed by atoms with Gasteiger partial charge in [0.2, 0.25) is 0 Å². The van der Waals surface area contributed by atoms with Crippen molar-refractivity contribution in [1.29, 1.82) is 0 Å². The van der Waals surface area contributed by atoms with Crippen molar-refractivity contribution >= 4 is 7.82 Å². The van der Waals surface area contributed by atoms with E-state index in [1.807, 2.05) is 6.08 Å². The highest BCUT2D eigenvalue weighted by Crippen LogP contribution is 2.80. The predicted molar refractivity (Wildman–Crippen MR) is 46.9 cm³/mol. The molecule has 0 aromatic rings. The van der Waals surface area contributed by atoms with Gasteiger partial charge in [0, 0.05) is 6.08 Å². The Bertz CT molecular complexity index is 247. The van der Waals surface area contributed by atoms with Crippen LogP contribution in [0.15, 0.2) is 12.2 Å². The summed E-state index contributed by atoms with van der Waals surface area (Å²) in [7, 11) is -3.00. The summed E-state index contributed by atoms with van der Waals surface area (Å²) < 4.78 is 25.3. The van der Waals surface area contributed by atoms with E-state index in [1.54, 1.807) is 6.08 Å². The molecule has 0 saturated carbocycles. The summed E-state index contributed by atoms with van der Waals surface area (Å²) in [4.78, 5) is 0. The van der Waals surface area contributed by atoms with E-state index in [2.05, 4.69) is 6.92 Å². The zero-order valence-corrected chi connectivity index (χ0v) is 8.46. The Hall–Kier alpha value is -0.150. The van der Waals surface area contributed by atoms with Crippen molar-refractivity contribution in [2.24, 2.45) is 0 Å². The second kappa shape index (κ2) is 3.21. The first-order valence-corrected chi connectivity index (χ1v) is 6.04. The van der Waals surface area contributed by atoms with Gasteiger partial charge in [-0.05, 0) is 12.8 Å². The molecule has 2 bridgehead atoms. The maximum absolute atomic E-state index is 10.8. The molecule has 0 spiro atoms. The van der Waals surface area contributed by atoms with Crippen molar-refractivity contribution < 1.29 is 18.1 Å². The lowest BCUT2D eigenvalue weighted by Gasteiger charge is -2.53. The smallest absolute Gasteiger partial charge is 0.227 e. The number of hydrogen-bond donors (Lipinski definition) is 0. The SMILES string of the molecule is CCCCC/C=C/C12OP(=O)(O1)O2. The van der Waals surface area contributed by atoms with Crippen molar-refractivity contribution in [3.05, 3.63) is 12.2 Å². The van der Waals surface area contributed by atoms with Crippen LogP contribution in [0.2, 0.25) is 0 Å². The van der Waals surface area contributed by atoms with Crippen LogP contribution in [0.3, 0.4) is 0 Å². The summed E-state index contributed by atoms with van der Waals surface area (Å²) in [6.07, 6.45) is 8.19. The highest BCUT2D eigenvalue weighted by molar-refractivity contribution is 7.51. The van der Waals surface area contributed by atoms with Crippen molar-refractivity contribution in [1.82, 2.24) is 0 Å². The molecule has 5 heteroatoms. The molecule has 0 aromatic carbocycles. The van der Waals surface area contributed by atoms with Crippen LogP contribution in [0, 0.1) is 0 Å². The minimum atomic E-state index is -3.00. The second-order valence-electron chi connectivity index (χ2n) is 3.22. The number of rotatable bonds is 5. The van der Waals surface area contributed by atoms with E-state index in [-0.39, 0.29) is 0 Å². The fraction of sp³-hybridized carbons (Fsp3) is 0.750. The van der Waals surface area contributed by atoms with Gasteiger partial charge in [-0.15, -0.1) is 0 Å². The fourth-order valence-electron chi connectivity index (χ4n) is 1.32. The molecular formula is C8H13O4P. The molecule has 3 rings (SSSR count). The first kappa shape index (κ1) is 9.41. The van der Waals surface area contributed by atoms with E-state index in [9.17, 15) is 4.57 Å². The molecule has 0 unspecified atom stereocenters. The predicted octanol–water partition coefficient (Wildman–Crippen LogP) is 2.96. The third kappa shape index (κ3) is 1.72. The summed E-state index contributed by atoms with van der Waals surface area (Å²) in [5.74, 6) is -1.07. The summed E-state index contributed by atoms with van der Waals surface area (Å²) >= 11 is 0. The standard InChI is InChI=1S/C8H13O4P/c1-2-3-4-5-6-7-8-10-13(9,11-8)12-8/h6-7H,2-5H2,1H3/b7-6+. The Balaban J connectivity index is 1.66. The highest BCUT2D eigenvalue weighted by atomic mass is 31.2. The lowest BCUT2D eigenvalue weighted by atomic mass is 10.2. The largest absolute Gasteiger partial charge is 0.488 e. The van der Waals surface area contributed by atoms with Crippen LogP contribution in [-0.4, -0.2) is 5.97 Å². The van der Waals surface area contributed by atoms with Crippen LogP contribution < -0.4 is 0 Å². The molecule has 0 aromatic heterocycles. The van der Waals surface area contributed by atoms with Gasteiger partial charge >= 0.3 is 13.8 Å². The molecule has 3 aliphatic heterocycles. The number of unbranched alkanes of at least 4 members (excludes halogenated alkanes) is 3. The van der Waals surface area contributed by atoms with Gasteiger partial charge in [-0.25, -0.2) is 18.1 Å². The second-order valence-corrected chi connectivity index (χ2v) is 4.66. The molecular weight excluding hydrogens is 191 g/mol. The molecule has 3 saturated heterocycles. The van der Waals surface area contributed by atoms with E-state index in [4.69, 9.17) is 13.6 Å². The quantitative estimate of drug-likeness (QED) is 0.392. The molecule has 0 radical (unpaired) electrons. The minimum absolute atomic E-state index is 0.982. The molecule has 74 valence electrons. The Kier molecular flexibility index (Phi) is 2.32. The summed E-state index contributed by atoms with van der Waals surface area (Å²) in [6, 6.07) is 0. The Morgan fingerprint density at radius 2 is 2.00 bits per heavy atom. The topological polar surface area (TPSA) is 44.8 Å². The number of phosphoric acid groups is 1. The molecule has 0 N–H and O–H groups in total. The van der Waals surface area contributed by atoms with Gasteiger partial charge in [-0.2, -0.15) is 0 Å². The lowest BCUT2D eigenvalue weighted by Crippen LogP contribution is -2.55. The van der Waals surface area contributed by atoms with Crippen LogP contribution in [0.4, 0.5) is 0 Å². The number of hydrogen-bond acceptors (Lipinski definition) is 4. The molecule has 3 fully saturated rings. The van der Waals surface area contributed by atoms with Crippen molar-refractivity contribution in [2.75, 3.05) is 0 Å². The average Bonchev–Trinajstić information content (AvgIpc) is 1.98. The van der Waals surface area contributed by atoms with E-state index in [1.165, 1.54) is 12.8 Å². The van der Waals surface area contributed by atoms with Gasteiger partial charge in [0.15, 0.2) is 0 Å². The van der Waals surface area contributed by atoms with Gasteiger partial charge in [0.25, 0.3) is 0 Å². The molecule has 0 amide bonds. The van der Waals surface area contributed by atoms with E-state index in [0.29, 0.717) is 0 Å². The highest BCUT2D eigenvalue weighted by Gasteiger charge is 2.73. The third-order valence-corrected chi connectivity index (χ3v) is 3.45. The fourth-order valence-corrected chi connectivity index (χ4v) is 2.48. The van der Waals surface area contributed by atoms with Crippen LogP contribution in [0.25, 0.3) is 0 Å². The van der Waals surface area contributed by atoms with Crippen LogP contribution >= 0.6 is 7.82 Å². The Morgan fingerprint density at radius 3 is 2.54 bits per heavy atom. The molecule has 13 heavy (non-hydrogen) atoms. The summed E-state index contributed by atoms with van der Waals surface area (Å²) in [5.41, 5.74) is 0. The average molecular weight is 204 g/mol. The van der Waals surface area contributed by atoms with Crippen molar-refractivity contribution in [2.45, 2.75) is 38.6 Å². The van der Waals surface area contributed by atoms with Crippen LogP contribution in [0.5, 0.6) is 0 Å². The van der Waals surface area contributed by atoms with Gasteiger partial charge in [-0.1, -0.05) is 25.8 Å². The first-order chi connectivity index (χ1) is 6.18. The normalized spacial score (nSPS) is 41.6. The Morgan fingerprint density at radius 1 is 1.31 bits per heavy atom. The lowest BCUT2D eigenvalue weighted by molar-refractivity contribution is -0.397. The Labute approximate surface area is 77.5 Å². The van der Waals surface area contributed by atoms with E-state index in [0.717, 1.165) is 12.8 Å². The van der Waals surface area contributed by atoms with Crippen molar-refractivity contribution in [3.8, 4) is 0 Å². The van der Waals surface area contributed by atoms with E-state index >= 15 is 0 Å². The van der Waals surface area contributed by atoms with Crippen LogP contribution in [0.1, 0.15) is 32.6 Å². The monoisotopic (exact) mass is 204 g/mol. The summed E-state index contributed by atoms with van der Waals surface area (Å²) in [5, 5.41) is 0. The molecule has 3 heterocycles. The first-order valence-electron chi connectivity index (χ1n) is 4.58. The summed E-state index contributed by atoms with van der Waals surface area (Å²) in [6.45, 7) is 2.16. The van der Waals surface area contributed by atoms with Crippen LogP contribution in [-0.2, 0) is 18.1 Å². The van der Waals surface area contributed by atoms with E-state index < -0.39 is 13.8 Å². The van der Waals surface area contributed by atoms with Gasteiger partial charge in [0.05, 0.1) is 0 Å². The maximum atomic E-state index is 10.8.